The fourth-order valence-corrected chi connectivity index (χ4v) is 3.67. The molecule has 2 aromatic heterocycles. The van der Waals surface area contributed by atoms with Crippen molar-refractivity contribution in [3.05, 3.63) is 29.0 Å². The minimum atomic E-state index is 0.552. The number of aromatic nitrogens is 2. The first-order valence-electron chi connectivity index (χ1n) is 7.36. The Kier molecular flexibility index (Phi) is 3.92. The lowest BCUT2D eigenvalue weighted by atomic mass is 9.93. The van der Waals surface area contributed by atoms with Gasteiger partial charge in [-0.15, -0.1) is 0 Å². The number of hydrogen-bond acceptors (Lipinski definition) is 3. The summed E-state index contributed by atoms with van der Waals surface area (Å²) in [4.78, 5) is 8.91. The summed E-state index contributed by atoms with van der Waals surface area (Å²) in [6, 6.07) is 4.60. The molecule has 1 fully saturated rings. The number of fused-ring (bicyclic) bond motifs is 1. The van der Waals surface area contributed by atoms with Crippen molar-refractivity contribution >= 4 is 32.7 Å². The summed E-state index contributed by atoms with van der Waals surface area (Å²) < 4.78 is 0.968. The molecular formula is C16H20BrN3. The molecule has 106 valence electrons. The van der Waals surface area contributed by atoms with Crippen molar-refractivity contribution in [3.8, 4) is 0 Å². The van der Waals surface area contributed by atoms with Gasteiger partial charge in [-0.3, -0.25) is 9.97 Å². The van der Waals surface area contributed by atoms with Gasteiger partial charge in [-0.2, -0.15) is 0 Å². The second-order valence-corrected chi connectivity index (χ2v) is 6.65. The molecule has 0 saturated heterocycles. The van der Waals surface area contributed by atoms with Crippen LogP contribution in [0.1, 0.15) is 33.1 Å². The topological polar surface area (TPSA) is 37.8 Å². The van der Waals surface area contributed by atoms with Crippen LogP contribution in [0.25, 0.3) is 11.0 Å². The van der Waals surface area contributed by atoms with Gasteiger partial charge < -0.3 is 5.32 Å². The molecule has 1 aliphatic rings. The maximum Gasteiger partial charge on any atom is 0.112 e. The molecule has 0 spiro atoms. The highest BCUT2D eigenvalue weighted by Crippen LogP contribution is 2.36. The smallest absolute Gasteiger partial charge is 0.112 e. The van der Waals surface area contributed by atoms with Gasteiger partial charge in [0.2, 0.25) is 0 Å². The van der Waals surface area contributed by atoms with E-state index in [0.29, 0.717) is 6.04 Å². The van der Waals surface area contributed by atoms with Crippen molar-refractivity contribution in [3.63, 3.8) is 0 Å². The van der Waals surface area contributed by atoms with E-state index in [1.54, 1.807) is 0 Å². The van der Waals surface area contributed by atoms with Gasteiger partial charge in [0.1, 0.15) is 5.52 Å². The lowest BCUT2D eigenvalue weighted by molar-refractivity contribution is 0.392. The van der Waals surface area contributed by atoms with E-state index in [1.165, 1.54) is 19.3 Å². The molecule has 0 aliphatic heterocycles. The zero-order valence-corrected chi connectivity index (χ0v) is 13.5. The number of nitrogens with zero attached hydrogens (tertiary/aromatic N) is 2. The molecule has 20 heavy (non-hydrogen) atoms. The number of nitrogens with one attached hydrogen (secondary N) is 1. The molecule has 0 aromatic carbocycles. The van der Waals surface area contributed by atoms with Crippen LogP contribution in [-0.2, 0) is 0 Å². The highest BCUT2D eigenvalue weighted by atomic mass is 79.9. The summed E-state index contributed by atoms with van der Waals surface area (Å²) in [6.07, 6.45) is 7.55. The number of pyridine rings is 2. The van der Waals surface area contributed by atoms with Gasteiger partial charge in [-0.1, -0.05) is 20.3 Å². The van der Waals surface area contributed by atoms with E-state index in [9.17, 15) is 0 Å². The number of halogens is 1. The van der Waals surface area contributed by atoms with E-state index in [1.807, 2.05) is 24.5 Å². The predicted molar refractivity (Wildman–Crippen MR) is 86.8 cm³/mol. The second-order valence-electron chi connectivity index (χ2n) is 5.74. The quantitative estimate of drug-likeness (QED) is 0.889. The van der Waals surface area contributed by atoms with E-state index in [-0.39, 0.29) is 0 Å². The molecule has 3 unspecified atom stereocenters. The monoisotopic (exact) mass is 333 g/mol. The van der Waals surface area contributed by atoms with Gasteiger partial charge in [0.05, 0.1) is 11.2 Å². The average molecular weight is 334 g/mol. The molecule has 4 heteroatoms. The van der Waals surface area contributed by atoms with Gasteiger partial charge in [-0.25, -0.2) is 0 Å². The van der Waals surface area contributed by atoms with Crippen LogP contribution in [0.3, 0.4) is 0 Å². The van der Waals surface area contributed by atoms with Crippen molar-refractivity contribution in [1.82, 2.24) is 9.97 Å². The Morgan fingerprint density at radius 3 is 2.95 bits per heavy atom. The minimum absolute atomic E-state index is 0.552. The molecular weight excluding hydrogens is 314 g/mol. The van der Waals surface area contributed by atoms with Crippen molar-refractivity contribution in [2.45, 2.75) is 39.2 Å². The maximum atomic E-state index is 4.52. The minimum Gasteiger partial charge on any atom is -0.380 e. The van der Waals surface area contributed by atoms with Crippen molar-refractivity contribution in [2.75, 3.05) is 5.32 Å². The Morgan fingerprint density at radius 2 is 2.20 bits per heavy atom. The summed E-state index contributed by atoms with van der Waals surface area (Å²) in [5, 5.41) is 3.70. The van der Waals surface area contributed by atoms with Gasteiger partial charge in [0.15, 0.2) is 0 Å². The molecule has 3 rings (SSSR count). The Morgan fingerprint density at radius 1 is 1.35 bits per heavy atom. The summed E-state index contributed by atoms with van der Waals surface area (Å²) in [6.45, 7) is 4.66. The molecule has 2 aromatic rings. The van der Waals surface area contributed by atoms with Crippen LogP contribution >= 0.6 is 15.9 Å². The first-order valence-corrected chi connectivity index (χ1v) is 8.15. The van der Waals surface area contributed by atoms with Crippen molar-refractivity contribution in [1.29, 1.82) is 0 Å². The molecule has 3 atom stereocenters. The van der Waals surface area contributed by atoms with Crippen LogP contribution in [0, 0.1) is 11.8 Å². The molecule has 2 heterocycles. The lowest BCUT2D eigenvalue weighted by Crippen LogP contribution is -2.24. The summed E-state index contributed by atoms with van der Waals surface area (Å²) in [5.41, 5.74) is 3.00. The van der Waals surface area contributed by atoms with Crippen LogP contribution in [0.4, 0.5) is 5.69 Å². The zero-order valence-electron chi connectivity index (χ0n) is 11.9. The normalized spacial score (nSPS) is 26.1. The summed E-state index contributed by atoms with van der Waals surface area (Å²) in [7, 11) is 0. The Hall–Kier alpha value is -1.16. The molecule has 3 nitrogen and oxygen atoms in total. The van der Waals surface area contributed by atoms with Gasteiger partial charge in [-0.05, 0) is 52.7 Å². The van der Waals surface area contributed by atoms with E-state index in [0.717, 1.165) is 33.0 Å². The van der Waals surface area contributed by atoms with Crippen LogP contribution in [0.15, 0.2) is 29.0 Å². The van der Waals surface area contributed by atoms with Gasteiger partial charge in [0.25, 0.3) is 0 Å². The molecule has 1 N–H and O–H groups in total. The first-order chi connectivity index (χ1) is 9.69. The van der Waals surface area contributed by atoms with E-state index < -0.39 is 0 Å². The third-order valence-electron chi connectivity index (χ3n) is 4.64. The highest BCUT2D eigenvalue weighted by Gasteiger charge is 2.31. The lowest BCUT2D eigenvalue weighted by Gasteiger charge is -2.22. The standard InChI is InChI=1S/C16H20BrN3/c1-3-11-4-5-13(10(11)2)20-14-6-7-18-15-8-12(17)9-19-16(14)15/h6-11,13H,3-5H2,1-2H3,(H,18,20). The van der Waals surface area contributed by atoms with Gasteiger partial charge >= 0.3 is 0 Å². The van der Waals surface area contributed by atoms with Gasteiger partial charge in [0, 0.05) is 22.9 Å². The Balaban J connectivity index is 1.88. The molecule has 1 saturated carbocycles. The van der Waals surface area contributed by atoms with E-state index in [2.05, 4.69) is 45.1 Å². The van der Waals surface area contributed by atoms with Crippen LogP contribution in [0.5, 0.6) is 0 Å². The predicted octanol–water partition coefficient (Wildman–Crippen LogP) is 4.63. The molecule has 1 aliphatic carbocycles. The van der Waals surface area contributed by atoms with Crippen molar-refractivity contribution in [2.24, 2.45) is 11.8 Å². The molecule has 0 radical (unpaired) electrons. The SMILES string of the molecule is CCC1CCC(Nc2ccnc3cc(Br)cnc23)C1C. The fraction of sp³-hybridized carbons (Fsp3) is 0.500. The largest absolute Gasteiger partial charge is 0.380 e. The Bertz CT molecular complexity index is 614. The first kappa shape index (κ1) is 13.8. The second kappa shape index (κ2) is 5.68. The zero-order chi connectivity index (χ0) is 14.1. The van der Waals surface area contributed by atoms with Crippen LogP contribution < -0.4 is 5.32 Å². The maximum absolute atomic E-state index is 4.52. The number of anilines is 1. The van der Waals surface area contributed by atoms with E-state index in [4.69, 9.17) is 0 Å². The van der Waals surface area contributed by atoms with Crippen LogP contribution in [0.2, 0.25) is 0 Å². The number of rotatable bonds is 3. The third-order valence-corrected chi connectivity index (χ3v) is 5.07. The Labute approximate surface area is 128 Å². The summed E-state index contributed by atoms with van der Waals surface area (Å²) >= 11 is 3.45. The molecule has 0 bridgehead atoms. The highest BCUT2D eigenvalue weighted by molar-refractivity contribution is 9.10. The number of hydrogen-bond donors (Lipinski definition) is 1. The average Bonchev–Trinajstić information content (AvgIpc) is 2.79. The van der Waals surface area contributed by atoms with Crippen molar-refractivity contribution < 1.29 is 0 Å². The van der Waals surface area contributed by atoms with Crippen LogP contribution in [-0.4, -0.2) is 16.0 Å². The molecule has 0 amide bonds. The van der Waals surface area contributed by atoms with E-state index >= 15 is 0 Å². The summed E-state index contributed by atoms with van der Waals surface area (Å²) in [5.74, 6) is 1.57. The fourth-order valence-electron chi connectivity index (χ4n) is 3.35. The third kappa shape index (κ3) is 2.53.